The molecule has 1 aromatic rings. The summed E-state index contributed by atoms with van der Waals surface area (Å²) in [6.45, 7) is 5.48. The first-order valence-corrected chi connectivity index (χ1v) is 17.3. The number of nitrogens with one attached hydrogen (secondary N) is 2. The predicted octanol–water partition coefficient (Wildman–Crippen LogP) is 3.79. The average molecular weight is 595 g/mol. The minimum Gasteiger partial charge on any atom is -0.376 e. The summed E-state index contributed by atoms with van der Waals surface area (Å²) in [4.78, 5) is 13.7. The summed E-state index contributed by atoms with van der Waals surface area (Å²) in [6.07, 6.45) is 8.37. The van der Waals surface area contributed by atoms with E-state index in [0.717, 1.165) is 63.4 Å². The van der Waals surface area contributed by atoms with Crippen molar-refractivity contribution in [1.82, 2.24) is 14.9 Å². The standard InChI is InChI=1S/C30H47ClN4O4S/c1-19-15-23(16-20(2)39-19)28(22-8-11-24(31)12-9-22)29(32)30(36)34-27-7-3-5-21(27)10-13-26-17-33-25-6-4-14-40(37,38)35(26)18-25/h8-9,11-12,19-21,23,25-29,33H,3-7,10,13-18,32H2,1-2H3,(H,34,36)/t19-,20+,21-,23?,25-,26+,27+,28?,29+/m1/s1. The van der Waals surface area contributed by atoms with Crippen molar-refractivity contribution < 1.29 is 17.9 Å². The third-order valence-corrected chi connectivity index (χ3v) is 12.0. The van der Waals surface area contributed by atoms with Crippen LogP contribution in [0.2, 0.25) is 5.02 Å². The van der Waals surface area contributed by atoms with Gasteiger partial charge in [-0.05, 0) is 94.7 Å². The van der Waals surface area contributed by atoms with Crippen LogP contribution in [0.15, 0.2) is 24.3 Å². The van der Waals surface area contributed by atoms with Crippen LogP contribution >= 0.6 is 11.6 Å². The number of carbonyl (C=O) groups excluding carboxylic acids is 1. The number of nitrogens with zero attached hydrogens (tertiary/aromatic N) is 1. The van der Waals surface area contributed by atoms with Crippen LogP contribution in [-0.2, 0) is 19.6 Å². The molecule has 3 saturated heterocycles. The molecule has 0 radical (unpaired) electrons. The zero-order chi connectivity index (χ0) is 28.4. The highest BCUT2D eigenvalue weighted by Gasteiger charge is 2.41. The van der Waals surface area contributed by atoms with Crippen molar-refractivity contribution in [3.05, 3.63) is 34.9 Å². The maximum Gasteiger partial charge on any atom is 0.237 e. The Balaban J connectivity index is 1.24. The maximum absolute atomic E-state index is 13.7. The first-order chi connectivity index (χ1) is 19.1. The number of nitrogens with two attached hydrogens (primary N) is 1. The van der Waals surface area contributed by atoms with Gasteiger partial charge in [-0.1, -0.05) is 30.2 Å². The van der Waals surface area contributed by atoms with Crippen molar-refractivity contribution >= 4 is 27.5 Å². The Hall–Kier alpha value is -1.23. The van der Waals surface area contributed by atoms with Crippen molar-refractivity contribution in [2.75, 3.05) is 18.8 Å². The second-order valence-corrected chi connectivity index (χ2v) is 15.2. The molecule has 1 aromatic carbocycles. The minimum absolute atomic E-state index is 0.00894. The van der Waals surface area contributed by atoms with Gasteiger partial charge in [0.1, 0.15) is 0 Å². The number of hydrogen-bond donors (Lipinski definition) is 3. The van der Waals surface area contributed by atoms with E-state index in [1.54, 1.807) is 4.31 Å². The second kappa shape index (κ2) is 13.0. The summed E-state index contributed by atoms with van der Waals surface area (Å²) >= 11 is 6.19. The number of ether oxygens (including phenoxy) is 1. The highest BCUT2D eigenvalue weighted by atomic mass is 35.5. The van der Waals surface area contributed by atoms with Crippen LogP contribution < -0.4 is 16.4 Å². The lowest BCUT2D eigenvalue weighted by Crippen LogP contribution is -2.57. The number of piperazine rings is 1. The van der Waals surface area contributed by atoms with E-state index >= 15 is 0 Å². The minimum atomic E-state index is -3.20. The SMILES string of the molecule is C[C@@H]1CC(C(c2ccc(Cl)cc2)[C@H](N)C(=O)N[C@H]2CCC[C@@H]2CC[C@H]2CN[C@@H]3CCCS(=O)(=O)N2C3)C[C@H](C)O1. The molecule has 10 heteroatoms. The Bertz CT molecular complexity index is 1110. The van der Waals surface area contributed by atoms with Gasteiger partial charge in [0.2, 0.25) is 15.9 Å². The zero-order valence-corrected chi connectivity index (χ0v) is 25.5. The van der Waals surface area contributed by atoms with Crippen molar-refractivity contribution in [3.63, 3.8) is 0 Å². The summed E-state index contributed by atoms with van der Waals surface area (Å²) in [5, 5.41) is 7.58. The molecular formula is C30H47ClN4O4S. The van der Waals surface area contributed by atoms with Crippen LogP contribution in [0.1, 0.15) is 83.1 Å². The maximum atomic E-state index is 13.7. The predicted molar refractivity (Wildman–Crippen MR) is 159 cm³/mol. The molecule has 8 nitrogen and oxygen atoms in total. The molecule has 4 aliphatic rings. The molecule has 2 bridgehead atoms. The van der Waals surface area contributed by atoms with Crippen molar-refractivity contribution in [2.45, 2.75) is 114 Å². The molecule has 1 saturated carbocycles. The third-order valence-electron chi connectivity index (χ3n) is 9.81. The number of hydrogen-bond acceptors (Lipinski definition) is 6. The van der Waals surface area contributed by atoms with Gasteiger partial charge >= 0.3 is 0 Å². The van der Waals surface area contributed by atoms with Gasteiger partial charge in [0, 0.05) is 42.2 Å². The van der Waals surface area contributed by atoms with Crippen molar-refractivity contribution in [2.24, 2.45) is 17.6 Å². The van der Waals surface area contributed by atoms with E-state index in [2.05, 4.69) is 24.5 Å². The largest absolute Gasteiger partial charge is 0.376 e. The summed E-state index contributed by atoms with van der Waals surface area (Å²) in [5.74, 6) is 0.599. The van der Waals surface area contributed by atoms with Crippen LogP contribution in [0.25, 0.3) is 0 Å². The fraction of sp³-hybridized carbons (Fsp3) is 0.767. The van der Waals surface area contributed by atoms with E-state index in [0.29, 0.717) is 24.0 Å². The van der Waals surface area contributed by atoms with Crippen LogP contribution in [0, 0.1) is 11.8 Å². The number of fused-ring (bicyclic) bond motifs is 2. The van der Waals surface area contributed by atoms with Gasteiger partial charge in [0.25, 0.3) is 0 Å². The Morgan fingerprint density at radius 1 is 1.12 bits per heavy atom. The molecule has 4 N–H and O–H groups in total. The van der Waals surface area contributed by atoms with Crippen LogP contribution in [0.4, 0.5) is 0 Å². The van der Waals surface area contributed by atoms with E-state index < -0.39 is 16.1 Å². The van der Waals surface area contributed by atoms with Gasteiger partial charge in [-0.2, -0.15) is 4.31 Å². The molecule has 5 rings (SSSR count). The number of halogens is 1. The Labute approximate surface area is 245 Å². The Morgan fingerprint density at radius 3 is 2.58 bits per heavy atom. The van der Waals surface area contributed by atoms with E-state index in [1.165, 1.54) is 0 Å². The highest BCUT2D eigenvalue weighted by Crippen LogP contribution is 2.39. The van der Waals surface area contributed by atoms with E-state index in [1.807, 2.05) is 24.3 Å². The summed E-state index contributed by atoms with van der Waals surface area (Å²) in [6, 6.07) is 7.41. The molecule has 0 aromatic heterocycles. The topological polar surface area (TPSA) is 114 Å². The highest BCUT2D eigenvalue weighted by molar-refractivity contribution is 7.89. The first kappa shape index (κ1) is 30.2. The number of amides is 1. The molecule has 40 heavy (non-hydrogen) atoms. The monoisotopic (exact) mass is 594 g/mol. The van der Waals surface area contributed by atoms with Crippen LogP contribution in [0.5, 0.6) is 0 Å². The van der Waals surface area contributed by atoms with Gasteiger partial charge in [-0.3, -0.25) is 4.79 Å². The smallest absolute Gasteiger partial charge is 0.237 e. The fourth-order valence-corrected chi connectivity index (χ4v) is 9.81. The van der Waals surface area contributed by atoms with E-state index in [9.17, 15) is 13.2 Å². The Morgan fingerprint density at radius 2 is 1.85 bits per heavy atom. The third kappa shape index (κ3) is 7.04. The molecular weight excluding hydrogens is 548 g/mol. The number of rotatable bonds is 8. The molecule has 4 fully saturated rings. The van der Waals surface area contributed by atoms with Crippen molar-refractivity contribution in [1.29, 1.82) is 0 Å². The second-order valence-electron chi connectivity index (χ2n) is 12.8. The number of sulfonamides is 1. The van der Waals surface area contributed by atoms with E-state index in [-0.39, 0.29) is 53.8 Å². The molecule has 3 unspecified atom stereocenters. The quantitative estimate of drug-likeness (QED) is 0.422. The van der Waals surface area contributed by atoms with Gasteiger partial charge < -0.3 is 21.1 Å². The lowest BCUT2D eigenvalue weighted by atomic mass is 9.74. The normalized spacial score (nSPS) is 37.3. The first-order valence-electron chi connectivity index (χ1n) is 15.3. The van der Waals surface area contributed by atoms with Gasteiger partial charge in [-0.15, -0.1) is 0 Å². The number of benzene rings is 1. The van der Waals surface area contributed by atoms with Gasteiger partial charge in [-0.25, -0.2) is 8.42 Å². The molecule has 3 heterocycles. The van der Waals surface area contributed by atoms with Crippen LogP contribution in [0.3, 0.4) is 0 Å². The summed E-state index contributed by atoms with van der Waals surface area (Å²) in [7, 11) is -3.20. The molecule has 1 aliphatic carbocycles. The van der Waals surface area contributed by atoms with Gasteiger partial charge in [0.05, 0.1) is 24.0 Å². The number of carbonyl (C=O) groups is 1. The van der Waals surface area contributed by atoms with Gasteiger partial charge in [0.15, 0.2) is 0 Å². The average Bonchev–Trinajstić information content (AvgIpc) is 3.30. The summed E-state index contributed by atoms with van der Waals surface area (Å²) in [5.41, 5.74) is 7.85. The fourth-order valence-electron chi connectivity index (χ4n) is 7.87. The van der Waals surface area contributed by atoms with Crippen LogP contribution in [-0.4, -0.2) is 73.8 Å². The molecule has 1 amide bonds. The van der Waals surface area contributed by atoms with Crippen molar-refractivity contribution in [3.8, 4) is 0 Å². The Kier molecular flexibility index (Phi) is 9.80. The molecule has 224 valence electrons. The molecule has 0 spiro atoms. The lowest BCUT2D eigenvalue weighted by Gasteiger charge is -2.39. The summed E-state index contributed by atoms with van der Waals surface area (Å²) < 4.78 is 33.5. The lowest BCUT2D eigenvalue weighted by molar-refractivity contribution is -0.125. The van der Waals surface area contributed by atoms with E-state index in [4.69, 9.17) is 22.1 Å². The zero-order valence-electron chi connectivity index (χ0n) is 23.9. The molecule has 3 aliphatic heterocycles. The molecule has 10 atom stereocenters.